The minimum Gasteiger partial charge on any atom is -0.388 e. The zero-order valence-electron chi connectivity index (χ0n) is 11.9. The molecule has 0 aliphatic heterocycles. The molecular formula is C18H25IO2. The van der Waals surface area contributed by atoms with Crippen LogP contribution in [-0.2, 0) is 0 Å². The van der Waals surface area contributed by atoms with Crippen LogP contribution < -0.4 is 0 Å². The summed E-state index contributed by atoms with van der Waals surface area (Å²) in [7, 11) is 0. The number of rotatable bonds is 3. The van der Waals surface area contributed by atoms with Gasteiger partial charge in [0.15, 0.2) is 0 Å². The smallest absolute Gasteiger partial charge is 0.150 e. The van der Waals surface area contributed by atoms with Gasteiger partial charge in [-0.05, 0) is 16.9 Å². The highest BCUT2D eigenvalue weighted by molar-refractivity contribution is 14.1. The Labute approximate surface area is 142 Å². The van der Waals surface area contributed by atoms with Crippen LogP contribution in [0.4, 0.5) is 0 Å². The molecule has 2 rings (SSSR count). The number of hydrogen-bond acceptors (Lipinski definition) is 2. The van der Waals surface area contributed by atoms with E-state index in [1.165, 1.54) is 0 Å². The molecule has 2 aromatic rings. The largest absolute Gasteiger partial charge is 0.388 e. The Morgan fingerprint density at radius 2 is 1.43 bits per heavy atom. The molecular weight excluding hydrogens is 375 g/mol. The summed E-state index contributed by atoms with van der Waals surface area (Å²) in [5.74, 6) is 0. The summed E-state index contributed by atoms with van der Waals surface area (Å²) in [6.45, 7) is 1.97. The lowest BCUT2D eigenvalue weighted by Gasteiger charge is -2.05. The second kappa shape index (κ2) is 15.2. The van der Waals surface area contributed by atoms with Crippen LogP contribution in [0.3, 0.4) is 0 Å². The van der Waals surface area contributed by atoms with Gasteiger partial charge in [-0.2, -0.15) is 0 Å². The van der Waals surface area contributed by atoms with Gasteiger partial charge in [-0.15, -0.1) is 0 Å². The summed E-state index contributed by atoms with van der Waals surface area (Å²) in [5, 5.41) is 9.33. The van der Waals surface area contributed by atoms with Gasteiger partial charge in [0.05, 0.1) is 6.10 Å². The zero-order chi connectivity index (χ0) is 15.2. The van der Waals surface area contributed by atoms with E-state index in [1.54, 1.807) is 12.1 Å². The zero-order valence-corrected chi connectivity index (χ0v) is 14.0. The average Bonchev–Trinajstić information content (AvgIpc) is 2.58. The molecule has 0 amide bonds. The van der Waals surface area contributed by atoms with Crippen LogP contribution in [0.2, 0.25) is 0 Å². The van der Waals surface area contributed by atoms with Crippen LogP contribution >= 0.6 is 22.6 Å². The molecule has 0 saturated heterocycles. The van der Waals surface area contributed by atoms with Crippen molar-refractivity contribution in [1.29, 1.82) is 0 Å². The number of carbonyl (C=O) groups excluding carboxylic acids is 1. The molecule has 0 heterocycles. The van der Waals surface area contributed by atoms with Crippen molar-refractivity contribution in [2.24, 2.45) is 0 Å². The minimum atomic E-state index is -0.291. The lowest BCUT2D eigenvalue weighted by molar-refractivity contribution is 0.112. The lowest BCUT2D eigenvalue weighted by Crippen LogP contribution is -1.93. The van der Waals surface area contributed by atoms with Crippen molar-refractivity contribution in [2.45, 2.75) is 26.9 Å². The minimum absolute atomic E-state index is 0. The first-order valence-corrected chi connectivity index (χ1v) is 8.54. The summed E-state index contributed by atoms with van der Waals surface area (Å²) in [5.41, 5.74) is 1.73. The Morgan fingerprint density at radius 3 is 1.76 bits per heavy atom. The Morgan fingerprint density at radius 1 is 1.00 bits per heavy atom. The first-order valence-electron chi connectivity index (χ1n) is 6.39. The van der Waals surface area contributed by atoms with Gasteiger partial charge in [0.25, 0.3) is 0 Å². The van der Waals surface area contributed by atoms with E-state index in [-0.39, 0.29) is 13.5 Å². The molecule has 0 fully saturated rings. The Kier molecular flexibility index (Phi) is 16.0. The number of carbonyl (C=O) groups is 1. The van der Waals surface area contributed by atoms with Gasteiger partial charge in [-0.3, -0.25) is 4.79 Å². The molecule has 116 valence electrons. The average molecular weight is 400 g/mol. The molecule has 0 bridgehead atoms. The van der Waals surface area contributed by atoms with Crippen LogP contribution in [0, 0.1) is 0 Å². The topological polar surface area (TPSA) is 37.3 Å². The Balaban J connectivity index is 0. The molecule has 0 saturated carbocycles. The number of aliphatic hydroxyl groups is 1. The fraction of sp³-hybridized carbons (Fsp3) is 0.278. The van der Waals surface area contributed by atoms with Crippen molar-refractivity contribution < 1.29 is 9.90 Å². The predicted molar refractivity (Wildman–Crippen MR) is 100 cm³/mol. The fourth-order valence-electron chi connectivity index (χ4n) is 1.44. The Hall–Kier alpha value is -1.20. The van der Waals surface area contributed by atoms with Crippen LogP contribution in [0.1, 0.15) is 42.8 Å². The molecule has 0 spiro atoms. The van der Waals surface area contributed by atoms with Crippen molar-refractivity contribution in [3.8, 4) is 0 Å². The van der Waals surface area contributed by atoms with Crippen LogP contribution in [0.15, 0.2) is 60.7 Å². The molecule has 0 aromatic heterocycles. The lowest BCUT2D eigenvalue weighted by atomic mass is 10.1. The highest BCUT2D eigenvalue weighted by Gasteiger charge is 2.00. The van der Waals surface area contributed by atoms with Crippen molar-refractivity contribution in [2.75, 3.05) is 4.93 Å². The Bertz CT molecular complexity index is 443. The second-order valence-corrected chi connectivity index (χ2v) is 3.86. The van der Waals surface area contributed by atoms with Gasteiger partial charge in [0.2, 0.25) is 0 Å². The van der Waals surface area contributed by atoms with Gasteiger partial charge in [0, 0.05) is 5.56 Å². The number of alkyl halides is 1. The maximum atomic E-state index is 10.0. The number of halogens is 1. The van der Waals surface area contributed by atoms with Gasteiger partial charge in [-0.1, -0.05) is 97.6 Å². The van der Waals surface area contributed by atoms with E-state index in [4.69, 9.17) is 0 Å². The van der Waals surface area contributed by atoms with Crippen molar-refractivity contribution in [3.63, 3.8) is 0 Å². The molecule has 2 nitrogen and oxygen atoms in total. The summed E-state index contributed by atoms with van der Waals surface area (Å²) >= 11 is 2.15. The SMILES string of the molecule is C.CCC(O)c1ccccc1.CI.O=Cc1ccccc1. The number of benzene rings is 2. The van der Waals surface area contributed by atoms with E-state index in [2.05, 4.69) is 22.6 Å². The first kappa shape index (κ1) is 22.1. The molecule has 2 aromatic carbocycles. The van der Waals surface area contributed by atoms with Gasteiger partial charge in [0.1, 0.15) is 6.29 Å². The summed E-state index contributed by atoms with van der Waals surface area (Å²) in [6, 6.07) is 18.8. The van der Waals surface area contributed by atoms with Crippen molar-refractivity contribution in [3.05, 3.63) is 71.8 Å². The summed E-state index contributed by atoms with van der Waals surface area (Å²) in [6.07, 6.45) is 1.32. The third kappa shape index (κ3) is 10.2. The summed E-state index contributed by atoms with van der Waals surface area (Å²) in [4.78, 5) is 12.0. The maximum Gasteiger partial charge on any atom is 0.150 e. The van der Waals surface area contributed by atoms with E-state index >= 15 is 0 Å². The van der Waals surface area contributed by atoms with Gasteiger partial charge < -0.3 is 5.11 Å². The number of hydrogen-bond donors (Lipinski definition) is 1. The fourth-order valence-corrected chi connectivity index (χ4v) is 1.44. The third-order valence-corrected chi connectivity index (χ3v) is 2.51. The molecule has 21 heavy (non-hydrogen) atoms. The molecule has 0 radical (unpaired) electrons. The van der Waals surface area contributed by atoms with Gasteiger partial charge in [-0.25, -0.2) is 0 Å². The molecule has 1 unspecified atom stereocenters. The molecule has 0 aliphatic carbocycles. The first-order chi connectivity index (χ1) is 9.77. The third-order valence-electron chi connectivity index (χ3n) is 2.51. The highest BCUT2D eigenvalue weighted by atomic mass is 127. The standard InChI is InChI=1S/C9H12O.C7H6O.CH3I.CH4/c1-2-9(10)8-6-4-3-5-7-8;8-6-7-4-2-1-3-5-7;1-2;/h3-7,9-10H,2H2,1H3;1-6H;1H3;1H4. The van der Waals surface area contributed by atoms with Crippen LogP contribution in [-0.4, -0.2) is 16.3 Å². The van der Waals surface area contributed by atoms with E-state index < -0.39 is 0 Å². The van der Waals surface area contributed by atoms with E-state index in [1.807, 2.05) is 60.4 Å². The van der Waals surface area contributed by atoms with E-state index in [9.17, 15) is 9.90 Å². The highest BCUT2D eigenvalue weighted by Crippen LogP contribution is 2.14. The second-order valence-electron chi connectivity index (χ2n) is 3.86. The molecule has 1 atom stereocenters. The van der Waals surface area contributed by atoms with E-state index in [0.717, 1.165) is 23.8 Å². The molecule has 1 N–H and O–H groups in total. The molecule has 3 heteroatoms. The van der Waals surface area contributed by atoms with Crippen LogP contribution in [0.25, 0.3) is 0 Å². The van der Waals surface area contributed by atoms with Gasteiger partial charge >= 0.3 is 0 Å². The monoisotopic (exact) mass is 400 g/mol. The molecule has 0 aliphatic rings. The maximum absolute atomic E-state index is 10.0. The van der Waals surface area contributed by atoms with Crippen molar-refractivity contribution in [1.82, 2.24) is 0 Å². The predicted octanol–water partition coefficient (Wildman–Crippen LogP) is 5.32. The van der Waals surface area contributed by atoms with Crippen LogP contribution in [0.5, 0.6) is 0 Å². The number of aldehydes is 1. The van der Waals surface area contributed by atoms with Crippen molar-refractivity contribution >= 4 is 28.9 Å². The summed E-state index contributed by atoms with van der Waals surface area (Å²) < 4.78 is 0. The quantitative estimate of drug-likeness (QED) is 0.430. The number of aliphatic hydroxyl groups excluding tert-OH is 1. The normalized spacial score (nSPS) is 9.71. The van der Waals surface area contributed by atoms with E-state index in [0.29, 0.717) is 0 Å².